The lowest BCUT2D eigenvalue weighted by Crippen LogP contribution is -2.48. The number of hydrogen-bond acceptors (Lipinski definition) is 3. The first-order valence-corrected chi connectivity index (χ1v) is 10.4. The van der Waals surface area contributed by atoms with Crippen LogP contribution in [0.3, 0.4) is 0 Å². The summed E-state index contributed by atoms with van der Waals surface area (Å²) < 4.78 is 25.8. The fourth-order valence-corrected chi connectivity index (χ4v) is 4.01. The van der Waals surface area contributed by atoms with Gasteiger partial charge in [0.2, 0.25) is 15.9 Å². The molecule has 2 atom stereocenters. The lowest BCUT2D eigenvalue weighted by Gasteiger charge is -2.29. The molecule has 0 saturated carbocycles. The maximum absolute atomic E-state index is 12.7. The molecule has 0 spiro atoms. The van der Waals surface area contributed by atoms with Crippen LogP contribution in [0.25, 0.3) is 0 Å². The van der Waals surface area contributed by atoms with Gasteiger partial charge in [0, 0.05) is 0 Å². The summed E-state index contributed by atoms with van der Waals surface area (Å²) in [5.74, 6) is -0.343. The second-order valence-corrected chi connectivity index (χ2v) is 8.57. The van der Waals surface area contributed by atoms with Crippen LogP contribution in [0.2, 0.25) is 0 Å². The highest BCUT2D eigenvalue weighted by Crippen LogP contribution is 2.22. The van der Waals surface area contributed by atoms with Crippen molar-refractivity contribution in [3.63, 3.8) is 0 Å². The minimum atomic E-state index is -3.61. The fourth-order valence-electron chi connectivity index (χ4n) is 2.85. The van der Waals surface area contributed by atoms with Crippen molar-refractivity contribution in [3.05, 3.63) is 65.2 Å². The van der Waals surface area contributed by atoms with Gasteiger partial charge in [-0.3, -0.25) is 9.10 Å². The molecule has 0 aliphatic rings. The van der Waals surface area contributed by atoms with Crippen molar-refractivity contribution < 1.29 is 13.2 Å². The highest BCUT2D eigenvalue weighted by molar-refractivity contribution is 7.92. The fraction of sp³-hybridized carbons (Fsp3) is 0.350. The maximum atomic E-state index is 12.7. The molecular formula is C20H26N2O3S. The van der Waals surface area contributed by atoms with E-state index >= 15 is 0 Å². The zero-order chi connectivity index (χ0) is 19.5. The van der Waals surface area contributed by atoms with Crippen molar-refractivity contribution in [2.45, 2.75) is 39.8 Å². The van der Waals surface area contributed by atoms with E-state index in [4.69, 9.17) is 0 Å². The number of carbonyl (C=O) groups excluding carboxylic acids is 1. The third-order valence-electron chi connectivity index (χ3n) is 4.28. The van der Waals surface area contributed by atoms with Crippen molar-refractivity contribution in [3.8, 4) is 0 Å². The van der Waals surface area contributed by atoms with Crippen molar-refractivity contribution in [1.82, 2.24) is 5.32 Å². The third kappa shape index (κ3) is 4.85. The molecule has 0 heterocycles. The predicted molar refractivity (Wildman–Crippen MR) is 106 cm³/mol. The van der Waals surface area contributed by atoms with E-state index in [1.54, 1.807) is 25.1 Å². The zero-order valence-corrected chi connectivity index (χ0v) is 16.7. The molecule has 1 N–H and O–H groups in total. The number of hydrogen-bond donors (Lipinski definition) is 1. The van der Waals surface area contributed by atoms with E-state index in [2.05, 4.69) is 5.32 Å². The molecule has 2 rings (SSSR count). The Labute approximate surface area is 156 Å². The summed E-state index contributed by atoms with van der Waals surface area (Å²) in [6.07, 6.45) is 1.11. The summed E-state index contributed by atoms with van der Waals surface area (Å²) in [4.78, 5) is 12.7. The molecule has 1 amide bonds. The summed E-state index contributed by atoms with van der Waals surface area (Å²) in [5.41, 5.74) is 3.52. The number of nitrogens with one attached hydrogen (secondary N) is 1. The quantitative estimate of drug-likeness (QED) is 0.843. The van der Waals surface area contributed by atoms with Crippen LogP contribution in [0.5, 0.6) is 0 Å². The van der Waals surface area contributed by atoms with E-state index in [1.807, 2.05) is 51.1 Å². The first-order valence-electron chi connectivity index (χ1n) is 8.52. The monoisotopic (exact) mass is 374 g/mol. The SMILES string of the molecule is Cc1ccc([C@H](C)NC(=O)[C@@H](C)N(c2cccc(C)c2)S(C)(=O)=O)cc1. The normalized spacial score (nSPS) is 13.7. The molecule has 140 valence electrons. The van der Waals surface area contributed by atoms with Crippen LogP contribution in [0.4, 0.5) is 5.69 Å². The molecule has 0 bridgehead atoms. The van der Waals surface area contributed by atoms with Crippen LogP contribution in [0, 0.1) is 13.8 Å². The summed E-state index contributed by atoms with van der Waals surface area (Å²) in [6.45, 7) is 7.36. The van der Waals surface area contributed by atoms with E-state index in [0.717, 1.165) is 27.3 Å². The van der Waals surface area contributed by atoms with E-state index in [0.29, 0.717) is 5.69 Å². The lowest BCUT2D eigenvalue weighted by atomic mass is 10.1. The maximum Gasteiger partial charge on any atom is 0.244 e. The predicted octanol–water partition coefficient (Wildman–Crippen LogP) is 3.34. The Morgan fingerprint density at radius 3 is 2.15 bits per heavy atom. The van der Waals surface area contributed by atoms with Crippen molar-refractivity contribution in [2.24, 2.45) is 0 Å². The molecule has 0 aliphatic heterocycles. The molecule has 0 radical (unpaired) electrons. The topological polar surface area (TPSA) is 66.5 Å². The third-order valence-corrected chi connectivity index (χ3v) is 5.52. The van der Waals surface area contributed by atoms with Gasteiger partial charge in [0.1, 0.15) is 6.04 Å². The molecule has 6 heteroatoms. The van der Waals surface area contributed by atoms with Crippen molar-refractivity contribution >= 4 is 21.6 Å². The molecule has 2 aromatic carbocycles. The Kier molecular flexibility index (Phi) is 6.08. The van der Waals surface area contributed by atoms with Gasteiger partial charge in [-0.2, -0.15) is 0 Å². The Morgan fingerprint density at radius 1 is 1.00 bits per heavy atom. The Bertz CT molecular complexity index is 876. The van der Waals surface area contributed by atoms with Gasteiger partial charge in [0.05, 0.1) is 18.0 Å². The van der Waals surface area contributed by atoms with Crippen LogP contribution >= 0.6 is 0 Å². The van der Waals surface area contributed by atoms with Crippen LogP contribution in [-0.2, 0) is 14.8 Å². The number of nitrogens with zero attached hydrogens (tertiary/aromatic N) is 1. The van der Waals surface area contributed by atoms with E-state index < -0.39 is 16.1 Å². The molecule has 26 heavy (non-hydrogen) atoms. The molecule has 0 aliphatic carbocycles. The van der Waals surface area contributed by atoms with Gasteiger partial charge in [0.15, 0.2) is 0 Å². The zero-order valence-electron chi connectivity index (χ0n) is 15.9. The average Bonchev–Trinajstić information content (AvgIpc) is 2.54. The van der Waals surface area contributed by atoms with Crippen LogP contribution in [0.1, 0.15) is 36.6 Å². The van der Waals surface area contributed by atoms with Gasteiger partial charge in [-0.25, -0.2) is 8.42 Å². The lowest BCUT2D eigenvalue weighted by molar-refractivity contribution is -0.122. The standard InChI is InChI=1S/C20H26N2O3S/c1-14-9-11-18(12-10-14)16(3)21-20(23)17(4)22(26(5,24)25)19-8-6-7-15(2)13-19/h6-13,16-17H,1-5H3,(H,21,23)/t16-,17+/m0/s1. The van der Waals surface area contributed by atoms with Gasteiger partial charge in [-0.15, -0.1) is 0 Å². The minimum Gasteiger partial charge on any atom is -0.348 e. The summed E-state index contributed by atoms with van der Waals surface area (Å²) in [7, 11) is -3.61. The highest BCUT2D eigenvalue weighted by atomic mass is 32.2. The molecule has 2 aromatic rings. The number of carbonyl (C=O) groups is 1. The smallest absolute Gasteiger partial charge is 0.244 e. The Balaban J connectivity index is 2.23. The van der Waals surface area contributed by atoms with Crippen LogP contribution in [-0.4, -0.2) is 26.6 Å². The number of aryl methyl sites for hydroxylation is 2. The molecule has 5 nitrogen and oxygen atoms in total. The molecule has 0 unspecified atom stereocenters. The largest absolute Gasteiger partial charge is 0.348 e. The van der Waals surface area contributed by atoms with Gasteiger partial charge in [0.25, 0.3) is 0 Å². The average molecular weight is 375 g/mol. The molecular weight excluding hydrogens is 348 g/mol. The number of rotatable bonds is 6. The molecule has 0 saturated heterocycles. The number of sulfonamides is 1. The van der Waals surface area contributed by atoms with Crippen molar-refractivity contribution in [2.75, 3.05) is 10.6 Å². The van der Waals surface area contributed by atoms with Gasteiger partial charge < -0.3 is 5.32 Å². The Hall–Kier alpha value is -2.34. The summed E-state index contributed by atoms with van der Waals surface area (Å²) in [6, 6.07) is 13.9. The Morgan fingerprint density at radius 2 is 1.62 bits per heavy atom. The minimum absolute atomic E-state index is 0.218. The number of anilines is 1. The van der Waals surface area contributed by atoms with Crippen LogP contribution in [0.15, 0.2) is 48.5 Å². The number of benzene rings is 2. The second-order valence-electron chi connectivity index (χ2n) is 6.71. The van der Waals surface area contributed by atoms with Crippen molar-refractivity contribution in [1.29, 1.82) is 0 Å². The number of amides is 1. The summed E-state index contributed by atoms with van der Waals surface area (Å²) in [5, 5.41) is 2.91. The first-order chi connectivity index (χ1) is 12.1. The van der Waals surface area contributed by atoms with Crippen LogP contribution < -0.4 is 9.62 Å². The van der Waals surface area contributed by atoms with Gasteiger partial charge >= 0.3 is 0 Å². The first kappa shape index (κ1) is 20.0. The van der Waals surface area contributed by atoms with Gasteiger partial charge in [-0.1, -0.05) is 42.0 Å². The molecule has 0 fully saturated rings. The second kappa shape index (κ2) is 7.91. The highest BCUT2D eigenvalue weighted by Gasteiger charge is 2.29. The molecule has 0 aromatic heterocycles. The van der Waals surface area contributed by atoms with E-state index in [-0.39, 0.29) is 11.9 Å². The van der Waals surface area contributed by atoms with E-state index in [1.165, 1.54) is 0 Å². The van der Waals surface area contributed by atoms with Gasteiger partial charge in [-0.05, 0) is 51.0 Å². The van der Waals surface area contributed by atoms with E-state index in [9.17, 15) is 13.2 Å². The summed E-state index contributed by atoms with van der Waals surface area (Å²) >= 11 is 0.